The summed E-state index contributed by atoms with van der Waals surface area (Å²) in [6.07, 6.45) is 0.839. The van der Waals surface area contributed by atoms with Crippen LogP contribution in [-0.4, -0.2) is 28.0 Å². The molecule has 0 aliphatic rings. The van der Waals surface area contributed by atoms with E-state index in [2.05, 4.69) is 0 Å². The van der Waals surface area contributed by atoms with Crippen LogP contribution in [0.2, 0.25) is 0 Å². The summed E-state index contributed by atoms with van der Waals surface area (Å²) in [6, 6.07) is 17.5. The number of rotatable bonds is 9. The van der Waals surface area contributed by atoms with E-state index in [4.69, 9.17) is 0 Å². The molecule has 0 N–H and O–H groups in total. The smallest absolute Gasteiger partial charge is 0.254 e. The molecule has 0 fully saturated rings. The number of Topliss-reactive ketones (excluding diaryl/α,β-unsaturated/α-hetero) is 2. The summed E-state index contributed by atoms with van der Waals surface area (Å²) in [7, 11) is 0. The summed E-state index contributed by atoms with van der Waals surface area (Å²) in [5, 5.41) is 10.8. The molecule has 0 saturated heterocycles. The fourth-order valence-corrected chi connectivity index (χ4v) is 3.78. The molecule has 2 aromatic rings. The Hall–Kier alpha value is -2.38. The van der Waals surface area contributed by atoms with Crippen LogP contribution < -0.4 is 0 Å². The van der Waals surface area contributed by atoms with Gasteiger partial charge in [0.1, 0.15) is 4.24 Å². The fourth-order valence-electron chi connectivity index (χ4n) is 1.89. The number of carbonyl (C=O) groups is 2. The van der Waals surface area contributed by atoms with Gasteiger partial charge in [-0.1, -0.05) is 60.7 Å². The van der Waals surface area contributed by atoms with Gasteiger partial charge in [-0.05, 0) is 0 Å². The lowest BCUT2D eigenvalue weighted by Crippen LogP contribution is -2.04. The molecule has 0 bridgehead atoms. The lowest BCUT2D eigenvalue weighted by molar-refractivity contribution is -0.402. The van der Waals surface area contributed by atoms with Gasteiger partial charge in [0.15, 0.2) is 11.6 Å². The highest BCUT2D eigenvalue weighted by atomic mass is 32.2. The summed E-state index contributed by atoms with van der Waals surface area (Å²) in [4.78, 5) is 34.4. The average molecular weight is 373 g/mol. The SMILES string of the molecule is O=C(CSC(=C[N+](=O)[O-])SCC(=O)c1ccccc1)c1ccccc1. The molecule has 0 unspecified atom stereocenters. The Kier molecular flexibility index (Phi) is 7.43. The predicted octanol–water partition coefficient (Wildman–Crippen LogP) is 4.29. The lowest BCUT2D eigenvalue weighted by Gasteiger charge is -2.05. The van der Waals surface area contributed by atoms with Gasteiger partial charge >= 0.3 is 0 Å². The maximum Gasteiger partial charge on any atom is 0.254 e. The van der Waals surface area contributed by atoms with Crippen LogP contribution in [-0.2, 0) is 0 Å². The summed E-state index contributed by atoms with van der Waals surface area (Å²) in [6.45, 7) is 0. The monoisotopic (exact) mass is 373 g/mol. The second-order valence-electron chi connectivity index (χ2n) is 4.89. The quantitative estimate of drug-likeness (QED) is 0.371. The van der Waals surface area contributed by atoms with Crippen molar-refractivity contribution in [2.45, 2.75) is 0 Å². The van der Waals surface area contributed by atoms with E-state index in [9.17, 15) is 19.7 Å². The molecule has 0 atom stereocenters. The largest absolute Gasteiger partial charge is 0.293 e. The van der Waals surface area contributed by atoms with E-state index < -0.39 is 4.92 Å². The molecule has 0 spiro atoms. The Balaban J connectivity index is 1.94. The predicted molar refractivity (Wildman–Crippen MR) is 102 cm³/mol. The number of nitro groups is 1. The van der Waals surface area contributed by atoms with Crippen molar-refractivity contribution in [2.75, 3.05) is 11.5 Å². The third-order valence-electron chi connectivity index (χ3n) is 3.09. The van der Waals surface area contributed by atoms with Gasteiger partial charge in [-0.3, -0.25) is 19.7 Å². The summed E-state index contributed by atoms with van der Waals surface area (Å²) in [5.74, 6) is -0.0726. The van der Waals surface area contributed by atoms with Crippen molar-refractivity contribution in [3.63, 3.8) is 0 Å². The van der Waals surface area contributed by atoms with E-state index in [1.54, 1.807) is 48.5 Å². The van der Waals surface area contributed by atoms with Gasteiger partial charge in [-0.25, -0.2) is 0 Å². The average Bonchev–Trinajstić information content (AvgIpc) is 2.64. The zero-order valence-electron chi connectivity index (χ0n) is 13.2. The molecular weight excluding hydrogens is 358 g/mol. The van der Waals surface area contributed by atoms with Gasteiger partial charge in [0.2, 0.25) is 0 Å². The molecule has 5 nitrogen and oxygen atoms in total. The minimum atomic E-state index is -0.574. The first-order valence-electron chi connectivity index (χ1n) is 7.33. The number of carbonyl (C=O) groups excluding carboxylic acids is 2. The van der Waals surface area contributed by atoms with Gasteiger partial charge in [0, 0.05) is 11.1 Å². The van der Waals surface area contributed by atoms with Crippen molar-refractivity contribution in [3.8, 4) is 0 Å². The molecule has 0 radical (unpaired) electrons. The summed E-state index contributed by atoms with van der Waals surface area (Å²) >= 11 is 2.14. The highest BCUT2D eigenvalue weighted by Gasteiger charge is 2.13. The Morgan fingerprint density at radius 3 is 1.60 bits per heavy atom. The number of benzene rings is 2. The number of nitrogens with zero attached hydrogens (tertiary/aromatic N) is 1. The van der Waals surface area contributed by atoms with Crippen molar-refractivity contribution in [1.82, 2.24) is 0 Å². The summed E-state index contributed by atoms with van der Waals surface area (Å²) in [5.41, 5.74) is 1.11. The van der Waals surface area contributed by atoms with Crippen molar-refractivity contribution >= 4 is 35.1 Å². The van der Waals surface area contributed by atoms with E-state index in [0.717, 1.165) is 29.7 Å². The van der Waals surface area contributed by atoms with E-state index in [0.29, 0.717) is 15.4 Å². The maximum atomic E-state index is 12.1. The first-order valence-corrected chi connectivity index (χ1v) is 9.31. The highest BCUT2D eigenvalue weighted by Crippen LogP contribution is 2.29. The van der Waals surface area contributed by atoms with Crippen LogP contribution >= 0.6 is 23.5 Å². The Bertz CT molecular complexity index is 719. The normalized spacial score (nSPS) is 10.1. The molecule has 128 valence electrons. The maximum absolute atomic E-state index is 12.1. The minimum absolute atomic E-state index is 0.0796. The van der Waals surface area contributed by atoms with Gasteiger partial charge in [0.05, 0.1) is 16.4 Å². The third kappa shape index (κ3) is 6.56. The molecule has 0 amide bonds. The van der Waals surface area contributed by atoms with Crippen LogP contribution in [0.1, 0.15) is 20.7 Å². The number of thioether (sulfide) groups is 2. The molecular formula is C18H15NO4S2. The van der Waals surface area contributed by atoms with Crippen molar-refractivity contribution in [3.05, 3.63) is 92.3 Å². The molecule has 2 aromatic carbocycles. The molecule has 0 aliphatic carbocycles. The Labute approximate surface area is 153 Å². The van der Waals surface area contributed by atoms with Gasteiger partial charge in [-0.15, -0.1) is 23.5 Å². The summed E-state index contributed by atoms with van der Waals surface area (Å²) < 4.78 is 0.332. The number of hydrogen-bond donors (Lipinski definition) is 0. The fraction of sp³-hybridized carbons (Fsp3) is 0.111. The molecule has 2 rings (SSSR count). The van der Waals surface area contributed by atoms with Crippen LogP contribution in [0.4, 0.5) is 0 Å². The van der Waals surface area contributed by atoms with Crippen molar-refractivity contribution in [1.29, 1.82) is 0 Å². The topological polar surface area (TPSA) is 77.3 Å². The first kappa shape index (κ1) is 19.0. The molecule has 0 heterocycles. The van der Waals surface area contributed by atoms with E-state index >= 15 is 0 Å². The van der Waals surface area contributed by atoms with E-state index in [1.807, 2.05) is 12.1 Å². The van der Waals surface area contributed by atoms with Gasteiger partial charge < -0.3 is 0 Å². The van der Waals surface area contributed by atoms with Crippen LogP contribution in [0, 0.1) is 10.1 Å². The second-order valence-corrected chi connectivity index (χ2v) is 7.18. The zero-order chi connectivity index (χ0) is 18.1. The van der Waals surface area contributed by atoms with Crippen molar-refractivity contribution < 1.29 is 14.5 Å². The standard InChI is InChI=1S/C18H15NO4S2/c20-16(14-7-3-1-4-8-14)12-24-18(11-19(22)23)25-13-17(21)15-9-5-2-6-10-15/h1-11H,12-13H2. The third-order valence-corrected chi connectivity index (χ3v) is 5.39. The van der Waals surface area contributed by atoms with Crippen LogP contribution in [0.25, 0.3) is 0 Å². The second kappa shape index (κ2) is 9.80. The molecule has 0 saturated carbocycles. The highest BCUT2D eigenvalue weighted by molar-refractivity contribution is 8.22. The Morgan fingerprint density at radius 1 is 0.840 bits per heavy atom. The minimum Gasteiger partial charge on any atom is -0.293 e. The number of ketones is 2. The Morgan fingerprint density at radius 2 is 1.24 bits per heavy atom. The first-order chi connectivity index (χ1) is 12.1. The van der Waals surface area contributed by atoms with Gasteiger partial charge in [0.25, 0.3) is 6.20 Å². The van der Waals surface area contributed by atoms with E-state index in [1.165, 1.54) is 0 Å². The van der Waals surface area contributed by atoms with Crippen LogP contribution in [0.15, 0.2) is 71.1 Å². The van der Waals surface area contributed by atoms with Crippen molar-refractivity contribution in [2.24, 2.45) is 0 Å². The van der Waals surface area contributed by atoms with Gasteiger partial charge in [-0.2, -0.15) is 0 Å². The lowest BCUT2D eigenvalue weighted by atomic mass is 10.2. The molecule has 0 aromatic heterocycles. The molecule has 25 heavy (non-hydrogen) atoms. The van der Waals surface area contributed by atoms with Crippen LogP contribution in [0.5, 0.6) is 0 Å². The number of hydrogen-bond acceptors (Lipinski definition) is 6. The zero-order valence-corrected chi connectivity index (χ0v) is 14.8. The van der Waals surface area contributed by atoms with E-state index in [-0.39, 0.29) is 23.1 Å². The molecule has 7 heteroatoms. The van der Waals surface area contributed by atoms with Crippen LogP contribution in [0.3, 0.4) is 0 Å². The molecule has 0 aliphatic heterocycles.